The maximum atomic E-state index is 11.5. The Hall–Kier alpha value is -1.85. The molecule has 0 aromatic carbocycles. The predicted octanol–water partition coefficient (Wildman–Crippen LogP) is 1.07. The second-order valence-electron chi connectivity index (χ2n) is 4.95. The monoisotopic (exact) mass is 239 g/mol. The van der Waals surface area contributed by atoms with Gasteiger partial charge in [0.15, 0.2) is 5.82 Å². The zero-order valence-electron chi connectivity index (χ0n) is 10.4. The van der Waals surface area contributed by atoms with Crippen LogP contribution in [0.5, 0.6) is 0 Å². The van der Waals surface area contributed by atoms with Crippen molar-refractivity contribution < 1.29 is 9.90 Å². The van der Waals surface area contributed by atoms with E-state index in [9.17, 15) is 14.7 Å². The van der Waals surface area contributed by atoms with Gasteiger partial charge in [0.1, 0.15) is 0 Å². The maximum absolute atomic E-state index is 11.5. The van der Waals surface area contributed by atoms with Gasteiger partial charge < -0.3 is 15.4 Å². The highest BCUT2D eigenvalue weighted by Gasteiger charge is 2.44. The quantitative estimate of drug-likeness (QED) is 0.730. The van der Waals surface area contributed by atoms with Gasteiger partial charge in [-0.25, -0.2) is 4.98 Å². The summed E-state index contributed by atoms with van der Waals surface area (Å²) in [4.78, 5) is 29.0. The van der Waals surface area contributed by atoms with Crippen LogP contribution in [0.4, 0.5) is 5.82 Å². The number of carbonyl (C=O) groups is 1. The average Bonchev–Trinajstić information content (AvgIpc) is 2.20. The number of rotatable bonds is 4. The fourth-order valence-electron chi connectivity index (χ4n) is 1.16. The van der Waals surface area contributed by atoms with Gasteiger partial charge in [-0.2, -0.15) is 0 Å². The van der Waals surface area contributed by atoms with Crippen molar-refractivity contribution in [3.8, 4) is 0 Å². The molecule has 0 fully saturated rings. The van der Waals surface area contributed by atoms with E-state index in [2.05, 4.69) is 15.3 Å². The second-order valence-corrected chi connectivity index (χ2v) is 4.95. The fourth-order valence-corrected chi connectivity index (χ4v) is 1.16. The van der Waals surface area contributed by atoms with Gasteiger partial charge in [-0.15, -0.1) is 0 Å². The molecule has 0 aliphatic carbocycles. The van der Waals surface area contributed by atoms with Crippen LogP contribution in [0, 0.1) is 5.41 Å². The van der Waals surface area contributed by atoms with Crippen molar-refractivity contribution in [1.82, 2.24) is 9.97 Å². The molecule has 94 valence electrons. The molecule has 6 nitrogen and oxygen atoms in total. The molecule has 0 saturated carbocycles. The van der Waals surface area contributed by atoms with E-state index in [1.54, 1.807) is 27.7 Å². The molecule has 1 aromatic rings. The first-order valence-corrected chi connectivity index (χ1v) is 5.24. The number of hydrogen-bond acceptors (Lipinski definition) is 4. The molecular weight excluding hydrogens is 222 g/mol. The van der Waals surface area contributed by atoms with Gasteiger partial charge in [0.05, 0.1) is 5.41 Å². The molecule has 0 bridgehead atoms. The van der Waals surface area contributed by atoms with E-state index in [1.165, 1.54) is 12.4 Å². The van der Waals surface area contributed by atoms with Crippen molar-refractivity contribution in [3.05, 3.63) is 22.7 Å². The minimum atomic E-state index is -1.04. The number of aromatic amines is 1. The third kappa shape index (κ3) is 2.46. The summed E-state index contributed by atoms with van der Waals surface area (Å²) in [5, 5.41) is 12.1. The molecule has 3 N–H and O–H groups in total. The van der Waals surface area contributed by atoms with Crippen molar-refractivity contribution in [2.45, 2.75) is 33.2 Å². The molecule has 0 aliphatic rings. The Morgan fingerprint density at radius 3 is 2.47 bits per heavy atom. The van der Waals surface area contributed by atoms with Crippen LogP contribution in [-0.4, -0.2) is 26.6 Å². The number of nitrogens with one attached hydrogen (secondary N) is 2. The number of nitrogens with zero attached hydrogens (tertiary/aromatic N) is 1. The van der Waals surface area contributed by atoms with Gasteiger partial charge in [0.2, 0.25) is 0 Å². The predicted molar refractivity (Wildman–Crippen MR) is 64.0 cm³/mol. The SMILES string of the molecule is CC(C)(Nc1ncc[nH]c1=O)C(C)(C)C(=O)O. The van der Waals surface area contributed by atoms with Crippen LogP contribution < -0.4 is 10.9 Å². The largest absolute Gasteiger partial charge is 0.481 e. The zero-order valence-corrected chi connectivity index (χ0v) is 10.4. The van der Waals surface area contributed by atoms with E-state index >= 15 is 0 Å². The lowest BCUT2D eigenvalue weighted by Crippen LogP contribution is -2.51. The van der Waals surface area contributed by atoms with Crippen LogP contribution in [0.3, 0.4) is 0 Å². The molecule has 0 radical (unpaired) electrons. The van der Waals surface area contributed by atoms with E-state index < -0.39 is 16.9 Å². The van der Waals surface area contributed by atoms with Crippen molar-refractivity contribution in [2.24, 2.45) is 5.41 Å². The van der Waals surface area contributed by atoms with Gasteiger partial charge in [0, 0.05) is 17.9 Å². The molecular formula is C11H17N3O3. The smallest absolute Gasteiger partial charge is 0.311 e. The maximum Gasteiger partial charge on any atom is 0.311 e. The number of anilines is 1. The molecule has 1 heterocycles. The minimum Gasteiger partial charge on any atom is -0.481 e. The Morgan fingerprint density at radius 2 is 2.00 bits per heavy atom. The standard InChI is InChI=1S/C11H17N3O3/c1-10(2,9(16)17)11(3,4)14-7-8(15)13-6-5-12-7/h5-6H,1-4H3,(H,12,14)(H,13,15)(H,16,17). The summed E-state index contributed by atoms with van der Waals surface area (Å²) in [7, 11) is 0. The summed E-state index contributed by atoms with van der Waals surface area (Å²) in [6, 6.07) is 0. The number of aliphatic carboxylic acids is 1. The highest BCUT2D eigenvalue weighted by atomic mass is 16.4. The topological polar surface area (TPSA) is 95.1 Å². The van der Waals surface area contributed by atoms with Gasteiger partial charge in [0.25, 0.3) is 5.56 Å². The number of H-pyrrole nitrogens is 1. The first-order valence-electron chi connectivity index (χ1n) is 5.24. The summed E-state index contributed by atoms with van der Waals surface area (Å²) in [5.41, 5.74) is -2.24. The summed E-state index contributed by atoms with van der Waals surface area (Å²) >= 11 is 0. The summed E-state index contributed by atoms with van der Waals surface area (Å²) in [5.74, 6) is -0.825. The third-order valence-electron chi connectivity index (χ3n) is 3.24. The van der Waals surface area contributed by atoms with Crippen LogP contribution in [-0.2, 0) is 4.79 Å². The van der Waals surface area contributed by atoms with Crippen molar-refractivity contribution in [2.75, 3.05) is 5.32 Å². The van der Waals surface area contributed by atoms with E-state index in [4.69, 9.17) is 0 Å². The first-order chi connectivity index (χ1) is 7.68. The summed E-state index contributed by atoms with van der Waals surface area (Å²) in [6.45, 7) is 6.63. The van der Waals surface area contributed by atoms with Crippen LogP contribution in [0.25, 0.3) is 0 Å². The van der Waals surface area contributed by atoms with Crippen molar-refractivity contribution in [1.29, 1.82) is 0 Å². The average molecular weight is 239 g/mol. The molecule has 0 unspecified atom stereocenters. The van der Waals surface area contributed by atoms with Crippen LogP contribution >= 0.6 is 0 Å². The Bertz CT molecular complexity index is 477. The minimum absolute atomic E-state index is 0.117. The van der Waals surface area contributed by atoms with Gasteiger partial charge in [-0.3, -0.25) is 9.59 Å². The van der Waals surface area contributed by atoms with Crippen LogP contribution in [0.2, 0.25) is 0 Å². The number of carboxylic acids is 1. The van der Waals surface area contributed by atoms with Gasteiger partial charge in [-0.1, -0.05) is 0 Å². The molecule has 1 rings (SSSR count). The lowest BCUT2D eigenvalue weighted by atomic mass is 9.74. The van der Waals surface area contributed by atoms with Gasteiger partial charge in [-0.05, 0) is 27.7 Å². The molecule has 0 saturated heterocycles. The Kier molecular flexibility index (Phi) is 3.26. The number of aromatic nitrogens is 2. The highest BCUT2D eigenvalue weighted by Crippen LogP contribution is 2.32. The Balaban J connectivity index is 3.06. The molecule has 17 heavy (non-hydrogen) atoms. The highest BCUT2D eigenvalue weighted by molar-refractivity contribution is 5.76. The van der Waals surface area contributed by atoms with Crippen molar-refractivity contribution in [3.63, 3.8) is 0 Å². The zero-order chi connectivity index (χ0) is 13.3. The molecule has 0 atom stereocenters. The number of carboxylic acid groups (broad SMARTS) is 1. The molecule has 0 spiro atoms. The van der Waals surface area contributed by atoms with Gasteiger partial charge >= 0.3 is 5.97 Å². The van der Waals surface area contributed by atoms with E-state index in [-0.39, 0.29) is 11.4 Å². The van der Waals surface area contributed by atoms with E-state index in [1.807, 2.05) is 0 Å². The number of hydrogen-bond donors (Lipinski definition) is 3. The molecule has 6 heteroatoms. The fraction of sp³-hybridized carbons (Fsp3) is 0.545. The molecule has 0 amide bonds. The second kappa shape index (κ2) is 4.20. The normalized spacial score (nSPS) is 12.2. The third-order valence-corrected chi connectivity index (χ3v) is 3.24. The lowest BCUT2D eigenvalue weighted by molar-refractivity contribution is -0.149. The van der Waals surface area contributed by atoms with Crippen LogP contribution in [0.15, 0.2) is 17.2 Å². The van der Waals surface area contributed by atoms with E-state index in [0.717, 1.165) is 0 Å². The molecule has 0 aliphatic heterocycles. The lowest BCUT2D eigenvalue weighted by Gasteiger charge is -2.38. The van der Waals surface area contributed by atoms with E-state index in [0.29, 0.717) is 0 Å². The summed E-state index contributed by atoms with van der Waals surface area (Å²) < 4.78 is 0. The Labute approximate surface area is 99.1 Å². The van der Waals surface area contributed by atoms with Crippen LogP contribution in [0.1, 0.15) is 27.7 Å². The molecule has 1 aromatic heterocycles. The van der Waals surface area contributed by atoms with Crippen molar-refractivity contribution >= 4 is 11.8 Å². The summed E-state index contributed by atoms with van der Waals surface area (Å²) in [6.07, 6.45) is 2.86. The first kappa shape index (κ1) is 13.2. The Morgan fingerprint density at radius 1 is 1.41 bits per heavy atom.